The van der Waals surface area contributed by atoms with Crippen LogP contribution in [0.4, 0.5) is 4.39 Å². The monoisotopic (exact) mass is 322 g/mol. The number of rotatable bonds is 4. The van der Waals surface area contributed by atoms with Crippen molar-refractivity contribution < 1.29 is 4.39 Å². The van der Waals surface area contributed by atoms with Crippen molar-refractivity contribution in [1.82, 2.24) is 10.3 Å². The van der Waals surface area contributed by atoms with Gasteiger partial charge in [0, 0.05) is 34.5 Å². The Kier molecular flexibility index (Phi) is 4.66. The first-order valence-electron chi connectivity index (χ1n) is 6.19. The van der Waals surface area contributed by atoms with Crippen molar-refractivity contribution in [3.05, 3.63) is 64.1 Å². The highest BCUT2D eigenvalue weighted by molar-refractivity contribution is 9.10. The molecule has 100 valence electrons. The van der Waals surface area contributed by atoms with E-state index in [1.165, 1.54) is 6.07 Å². The van der Waals surface area contributed by atoms with Gasteiger partial charge in [-0.1, -0.05) is 28.1 Å². The van der Waals surface area contributed by atoms with E-state index < -0.39 is 0 Å². The van der Waals surface area contributed by atoms with E-state index in [1.807, 2.05) is 38.2 Å². The highest BCUT2D eigenvalue weighted by atomic mass is 79.9. The predicted molar refractivity (Wildman–Crippen MR) is 78.3 cm³/mol. The first kappa shape index (κ1) is 14.2. The number of benzene rings is 1. The zero-order valence-electron chi connectivity index (χ0n) is 10.9. The summed E-state index contributed by atoms with van der Waals surface area (Å²) < 4.78 is 14.6. The minimum Gasteiger partial charge on any atom is -0.303 e. The third kappa shape index (κ3) is 3.61. The number of aromatic nitrogens is 1. The summed E-state index contributed by atoms with van der Waals surface area (Å²) in [7, 11) is 0. The van der Waals surface area contributed by atoms with Crippen LogP contribution in [0.15, 0.2) is 47.2 Å². The first-order valence-corrected chi connectivity index (χ1v) is 6.98. The van der Waals surface area contributed by atoms with E-state index in [4.69, 9.17) is 0 Å². The molecule has 0 amide bonds. The maximum absolute atomic E-state index is 13.9. The summed E-state index contributed by atoms with van der Waals surface area (Å²) in [5, 5.41) is 3.38. The second-order valence-electron chi connectivity index (χ2n) is 4.56. The quantitative estimate of drug-likeness (QED) is 0.902. The third-order valence-electron chi connectivity index (χ3n) is 3.11. The maximum atomic E-state index is 13.9. The molecule has 2 unspecified atom stereocenters. The second kappa shape index (κ2) is 6.26. The van der Waals surface area contributed by atoms with E-state index in [2.05, 4.69) is 26.2 Å². The van der Waals surface area contributed by atoms with Crippen molar-refractivity contribution >= 4 is 15.9 Å². The maximum Gasteiger partial charge on any atom is 0.129 e. The molecule has 2 rings (SSSR count). The molecule has 0 fully saturated rings. The van der Waals surface area contributed by atoms with Gasteiger partial charge in [-0.05, 0) is 37.6 Å². The van der Waals surface area contributed by atoms with E-state index in [9.17, 15) is 4.39 Å². The highest BCUT2D eigenvalue weighted by Crippen LogP contribution is 2.23. The smallest absolute Gasteiger partial charge is 0.129 e. The summed E-state index contributed by atoms with van der Waals surface area (Å²) in [5.41, 5.74) is 1.76. The normalized spacial score (nSPS) is 14.1. The molecule has 0 aliphatic carbocycles. The molecule has 0 aliphatic heterocycles. The Morgan fingerprint density at radius 3 is 2.63 bits per heavy atom. The Hall–Kier alpha value is -1.26. The molecule has 2 aromatic rings. The molecule has 1 aromatic carbocycles. The van der Waals surface area contributed by atoms with E-state index in [0.29, 0.717) is 5.56 Å². The lowest BCUT2D eigenvalue weighted by atomic mass is 10.0. The molecule has 4 heteroatoms. The molecule has 2 atom stereocenters. The van der Waals surface area contributed by atoms with Gasteiger partial charge in [-0.2, -0.15) is 0 Å². The number of nitrogens with zero attached hydrogens (tertiary/aromatic N) is 1. The van der Waals surface area contributed by atoms with Crippen LogP contribution >= 0.6 is 15.9 Å². The largest absolute Gasteiger partial charge is 0.303 e. The van der Waals surface area contributed by atoms with Crippen LogP contribution < -0.4 is 5.32 Å². The molecule has 0 bridgehead atoms. The minimum atomic E-state index is -0.201. The Balaban J connectivity index is 2.10. The third-order valence-corrected chi connectivity index (χ3v) is 3.61. The number of halogens is 2. The number of nitrogens with one attached hydrogen (secondary N) is 1. The summed E-state index contributed by atoms with van der Waals surface area (Å²) in [6.07, 6.45) is 3.57. The van der Waals surface area contributed by atoms with Crippen LogP contribution in [0.5, 0.6) is 0 Å². The molecular formula is C15H16BrFN2. The van der Waals surface area contributed by atoms with E-state index in [-0.39, 0.29) is 17.9 Å². The number of hydrogen-bond acceptors (Lipinski definition) is 2. The van der Waals surface area contributed by atoms with Gasteiger partial charge in [-0.3, -0.25) is 4.98 Å². The summed E-state index contributed by atoms with van der Waals surface area (Å²) in [4.78, 5) is 4.09. The van der Waals surface area contributed by atoms with Crippen molar-refractivity contribution in [2.75, 3.05) is 0 Å². The molecule has 1 heterocycles. The highest BCUT2D eigenvalue weighted by Gasteiger charge is 2.14. The Bertz CT molecular complexity index is 545. The van der Waals surface area contributed by atoms with Crippen LogP contribution in [-0.2, 0) is 0 Å². The van der Waals surface area contributed by atoms with Crippen LogP contribution in [0.2, 0.25) is 0 Å². The second-order valence-corrected chi connectivity index (χ2v) is 5.48. The fourth-order valence-corrected chi connectivity index (χ4v) is 2.38. The van der Waals surface area contributed by atoms with Gasteiger partial charge < -0.3 is 5.32 Å². The first-order chi connectivity index (χ1) is 9.08. The average molecular weight is 323 g/mol. The van der Waals surface area contributed by atoms with Crippen molar-refractivity contribution in [3.63, 3.8) is 0 Å². The standard InChI is InChI=1S/C15H16BrFN2/c1-10(12-4-3-7-18-9-12)19-11(2)14-6-5-13(16)8-15(14)17/h3-11,19H,1-2H3. The lowest BCUT2D eigenvalue weighted by Crippen LogP contribution is -2.23. The van der Waals surface area contributed by atoms with Gasteiger partial charge >= 0.3 is 0 Å². The van der Waals surface area contributed by atoms with E-state index >= 15 is 0 Å². The molecule has 0 saturated carbocycles. The van der Waals surface area contributed by atoms with Crippen molar-refractivity contribution in [2.45, 2.75) is 25.9 Å². The van der Waals surface area contributed by atoms with Gasteiger partial charge in [0.05, 0.1) is 0 Å². The van der Waals surface area contributed by atoms with Crippen LogP contribution in [-0.4, -0.2) is 4.98 Å². The Morgan fingerprint density at radius 1 is 1.21 bits per heavy atom. The molecule has 0 saturated heterocycles. The zero-order chi connectivity index (χ0) is 13.8. The van der Waals surface area contributed by atoms with Gasteiger partial charge in [0.25, 0.3) is 0 Å². The van der Waals surface area contributed by atoms with Gasteiger partial charge in [-0.15, -0.1) is 0 Å². The van der Waals surface area contributed by atoms with Crippen molar-refractivity contribution in [2.24, 2.45) is 0 Å². The summed E-state index contributed by atoms with van der Waals surface area (Å²) >= 11 is 3.26. The topological polar surface area (TPSA) is 24.9 Å². The molecular weight excluding hydrogens is 307 g/mol. The van der Waals surface area contributed by atoms with Crippen LogP contribution in [0.1, 0.15) is 37.1 Å². The molecule has 0 aliphatic rings. The van der Waals surface area contributed by atoms with Crippen LogP contribution in [0.3, 0.4) is 0 Å². The average Bonchev–Trinajstić information content (AvgIpc) is 2.39. The van der Waals surface area contributed by atoms with E-state index in [1.54, 1.807) is 12.3 Å². The number of pyridine rings is 1. The predicted octanol–water partition coefficient (Wildman–Crippen LogP) is 4.40. The van der Waals surface area contributed by atoms with Crippen LogP contribution in [0, 0.1) is 5.82 Å². The Morgan fingerprint density at radius 2 is 2.00 bits per heavy atom. The van der Waals surface area contributed by atoms with Crippen molar-refractivity contribution in [3.8, 4) is 0 Å². The van der Waals surface area contributed by atoms with Gasteiger partial charge in [0.2, 0.25) is 0 Å². The van der Waals surface area contributed by atoms with Gasteiger partial charge in [0.15, 0.2) is 0 Å². The molecule has 0 radical (unpaired) electrons. The summed E-state index contributed by atoms with van der Waals surface area (Å²) in [6, 6.07) is 9.10. The van der Waals surface area contributed by atoms with E-state index in [0.717, 1.165) is 10.0 Å². The fraction of sp³-hybridized carbons (Fsp3) is 0.267. The number of hydrogen-bond donors (Lipinski definition) is 1. The Labute approximate surface area is 121 Å². The molecule has 1 aromatic heterocycles. The SMILES string of the molecule is CC(NC(C)c1ccc(Br)cc1F)c1cccnc1. The lowest BCUT2D eigenvalue weighted by Gasteiger charge is -2.21. The molecule has 19 heavy (non-hydrogen) atoms. The lowest BCUT2D eigenvalue weighted by molar-refractivity contribution is 0.473. The van der Waals surface area contributed by atoms with Gasteiger partial charge in [-0.25, -0.2) is 4.39 Å². The van der Waals surface area contributed by atoms with Gasteiger partial charge in [0.1, 0.15) is 5.82 Å². The summed E-state index contributed by atoms with van der Waals surface area (Å²) in [5.74, 6) is -0.201. The zero-order valence-corrected chi connectivity index (χ0v) is 12.5. The molecule has 1 N–H and O–H groups in total. The summed E-state index contributed by atoms with van der Waals surface area (Å²) in [6.45, 7) is 4.00. The van der Waals surface area contributed by atoms with Crippen LogP contribution in [0.25, 0.3) is 0 Å². The molecule has 2 nitrogen and oxygen atoms in total. The van der Waals surface area contributed by atoms with Crippen molar-refractivity contribution in [1.29, 1.82) is 0 Å². The molecule has 0 spiro atoms. The fourth-order valence-electron chi connectivity index (χ4n) is 2.05. The minimum absolute atomic E-state index is 0.0664.